The van der Waals surface area contributed by atoms with E-state index in [2.05, 4.69) is 49.6 Å². The van der Waals surface area contributed by atoms with Gasteiger partial charge in [-0.3, -0.25) is 0 Å². The van der Waals surface area contributed by atoms with Crippen LogP contribution in [0.15, 0.2) is 67.8 Å². The minimum absolute atomic E-state index is 0.659. The first kappa shape index (κ1) is 15.1. The average Bonchev–Trinajstić information content (AvgIpc) is 2.52. The highest BCUT2D eigenvalue weighted by Crippen LogP contribution is 2.35. The number of allylic oxidation sites excluding steroid dienone is 2. The highest BCUT2D eigenvalue weighted by atomic mass is 16.5. The molecule has 1 nitrogen and oxygen atoms in total. The molecule has 0 saturated carbocycles. The van der Waals surface area contributed by atoms with Crippen LogP contribution in [0.3, 0.4) is 0 Å². The number of rotatable bonds is 7. The fourth-order valence-electron chi connectivity index (χ4n) is 2.55. The lowest BCUT2D eigenvalue weighted by atomic mass is 9.93. The molecule has 0 unspecified atom stereocenters. The Kier molecular flexibility index (Phi) is 5.39. The van der Waals surface area contributed by atoms with Crippen LogP contribution in [-0.2, 0) is 12.8 Å². The van der Waals surface area contributed by atoms with Crippen LogP contribution in [0.5, 0.6) is 5.75 Å². The minimum atomic E-state index is 0.659. The maximum absolute atomic E-state index is 5.94. The number of benzene rings is 2. The van der Waals surface area contributed by atoms with Crippen LogP contribution >= 0.6 is 0 Å². The number of hydrogen-bond donors (Lipinski definition) is 0. The normalized spacial score (nSPS) is 10.1. The van der Waals surface area contributed by atoms with Crippen LogP contribution in [0.25, 0.3) is 11.1 Å². The summed E-state index contributed by atoms with van der Waals surface area (Å²) in [6, 6.07) is 14.7. The molecule has 2 aromatic rings. The lowest BCUT2D eigenvalue weighted by Gasteiger charge is -2.18. The standard InChI is InChI=1S/C20H22O/c1-4-10-17-14-15-18(16-12-8-7-9-13-16)19(11-5-2)20(17)21-6-3/h4-5,7-9,12-15H,1-2,6,10-11H2,3H3. The van der Waals surface area contributed by atoms with Crippen LogP contribution in [0.1, 0.15) is 18.1 Å². The van der Waals surface area contributed by atoms with E-state index in [1.54, 1.807) is 0 Å². The van der Waals surface area contributed by atoms with Gasteiger partial charge in [0.25, 0.3) is 0 Å². The van der Waals surface area contributed by atoms with Crippen molar-refractivity contribution in [3.8, 4) is 16.9 Å². The molecule has 2 rings (SSSR count). The predicted molar refractivity (Wildman–Crippen MR) is 90.8 cm³/mol. The minimum Gasteiger partial charge on any atom is -0.493 e. The van der Waals surface area contributed by atoms with Crippen LogP contribution < -0.4 is 4.74 Å². The van der Waals surface area contributed by atoms with E-state index < -0.39 is 0 Å². The molecule has 0 amide bonds. The van der Waals surface area contributed by atoms with E-state index in [9.17, 15) is 0 Å². The Bertz CT molecular complexity index is 611. The van der Waals surface area contributed by atoms with Gasteiger partial charge in [-0.2, -0.15) is 0 Å². The summed E-state index contributed by atoms with van der Waals surface area (Å²) in [6.07, 6.45) is 5.46. The molecule has 0 heterocycles. The van der Waals surface area contributed by atoms with E-state index in [4.69, 9.17) is 4.74 Å². The summed E-state index contributed by atoms with van der Waals surface area (Å²) >= 11 is 0. The summed E-state index contributed by atoms with van der Waals surface area (Å²) in [5.41, 5.74) is 4.81. The molecule has 0 saturated heterocycles. The van der Waals surface area contributed by atoms with Crippen molar-refractivity contribution in [3.63, 3.8) is 0 Å². The molecule has 0 radical (unpaired) electrons. The van der Waals surface area contributed by atoms with Gasteiger partial charge in [0.1, 0.15) is 5.75 Å². The Morgan fingerprint density at radius 3 is 2.29 bits per heavy atom. The second-order valence-corrected chi connectivity index (χ2v) is 4.86. The van der Waals surface area contributed by atoms with Gasteiger partial charge in [0.05, 0.1) is 6.61 Å². The Hall–Kier alpha value is -2.28. The van der Waals surface area contributed by atoms with Gasteiger partial charge in [-0.1, -0.05) is 54.6 Å². The van der Waals surface area contributed by atoms with Crippen molar-refractivity contribution in [1.82, 2.24) is 0 Å². The Balaban J connectivity index is 2.62. The fourth-order valence-corrected chi connectivity index (χ4v) is 2.55. The van der Waals surface area contributed by atoms with E-state index in [0.717, 1.165) is 18.6 Å². The van der Waals surface area contributed by atoms with Gasteiger partial charge >= 0.3 is 0 Å². The molecule has 0 aliphatic carbocycles. The van der Waals surface area contributed by atoms with Crippen LogP contribution in [0, 0.1) is 0 Å². The SMILES string of the molecule is C=CCc1ccc(-c2ccccc2)c(CC=C)c1OCC. The van der Waals surface area contributed by atoms with Crippen LogP contribution in [0.2, 0.25) is 0 Å². The zero-order valence-corrected chi connectivity index (χ0v) is 12.6. The molecule has 0 fully saturated rings. The van der Waals surface area contributed by atoms with Crippen molar-refractivity contribution in [2.45, 2.75) is 19.8 Å². The highest BCUT2D eigenvalue weighted by molar-refractivity contribution is 5.71. The van der Waals surface area contributed by atoms with E-state index in [0.29, 0.717) is 6.61 Å². The third kappa shape index (κ3) is 3.43. The number of ether oxygens (including phenoxy) is 1. The lowest BCUT2D eigenvalue weighted by molar-refractivity contribution is 0.334. The summed E-state index contributed by atoms with van der Waals surface area (Å²) in [5.74, 6) is 0.985. The topological polar surface area (TPSA) is 9.23 Å². The van der Waals surface area contributed by atoms with Crippen molar-refractivity contribution < 1.29 is 4.74 Å². The fraction of sp³-hybridized carbons (Fsp3) is 0.200. The van der Waals surface area contributed by atoms with Crippen molar-refractivity contribution in [1.29, 1.82) is 0 Å². The van der Waals surface area contributed by atoms with Crippen molar-refractivity contribution >= 4 is 0 Å². The lowest BCUT2D eigenvalue weighted by Crippen LogP contribution is -2.02. The van der Waals surface area contributed by atoms with Gasteiger partial charge in [-0.25, -0.2) is 0 Å². The second-order valence-electron chi connectivity index (χ2n) is 4.86. The zero-order valence-electron chi connectivity index (χ0n) is 12.6. The third-order valence-corrected chi connectivity index (χ3v) is 3.43. The average molecular weight is 278 g/mol. The molecular weight excluding hydrogens is 256 g/mol. The van der Waals surface area contributed by atoms with Crippen molar-refractivity contribution in [2.75, 3.05) is 6.61 Å². The van der Waals surface area contributed by atoms with E-state index in [-0.39, 0.29) is 0 Å². The Morgan fingerprint density at radius 2 is 1.67 bits per heavy atom. The molecule has 0 bridgehead atoms. The van der Waals surface area contributed by atoms with Crippen molar-refractivity contribution in [3.05, 3.63) is 78.9 Å². The van der Waals surface area contributed by atoms with E-state index >= 15 is 0 Å². The molecule has 21 heavy (non-hydrogen) atoms. The summed E-state index contributed by atoms with van der Waals surface area (Å²) in [6.45, 7) is 10.4. The second kappa shape index (κ2) is 7.49. The first-order valence-corrected chi connectivity index (χ1v) is 7.36. The molecule has 0 aromatic heterocycles. The summed E-state index contributed by atoms with van der Waals surface area (Å²) in [4.78, 5) is 0. The van der Waals surface area contributed by atoms with Crippen molar-refractivity contribution in [2.24, 2.45) is 0 Å². The Labute approximate surface area is 127 Å². The maximum atomic E-state index is 5.94. The first-order valence-electron chi connectivity index (χ1n) is 7.36. The van der Waals surface area contributed by atoms with Gasteiger partial charge in [-0.15, -0.1) is 13.2 Å². The molecule has 0 aliphatic heterocycles. The maximum Gasteiger partial charge on any atom is 0.126 e. The van der Waals surface area contributed by atoms with Gasteiger partial charge in [0.15, 0.2) is 0 Å². The predicted octanol–water partition coefficient (Wildman–Crippen LogP) is 5.21. The van der Waals surface area contributed by atoms with Gasteiger partial charge in [0, 0.05) is 5.56 Å². The van der Waals surface area contributed by atoms with Crippen LogP contribution in [-0.4, -0.2) is 6.61 Å². The molecule has 1 heteroatoms. The first-order chi connectivity index (χ1) is 10.3. The molecule has 0 atom stereocenters. The Morgan fingerprint density at radius 1 is 0.952 bits per heavy atom. The zero-order chi connectivity index (χ0) is 15.1. The van der Waals surface area contributed by atoms with E-state index in [1.807, 2.05) is 25.1 Å². The van der Waals surface area contributed by atoms with Gasteiger partial charge in [-0.05, 0) is 36.5 Å². The quantitative estimate of drug-likeness (QED) is 0.632. The third-order valence-electron chi connectivity index (χ3n) is 3.43. The highest BCUT2D eigenvalue weighted by Gasteiger charge is 2.14. The largest absolute Gasteiger partial charge is 0.493 e. The van der Waals surface area contributed by atoms with Gasteiger partial charge in [0.2, 0.25) is 0 Å². The molecule has 2 aromatic carbocycles. The van der Waals surface area contributed by atoms with E-state index in [1.165, 1.54) is 22.3 Å². The molecule has 108 valence electrons. The molecular formula is C20H22O. The molecule has 0 aliphatic rings. The monoisotopic (exact) mass is 278 g/mol. The molecule has 0 spiro atoms. The number of hydrogen-bond acceptors (Lipinski definition) is 1. The summed E-state index contributed by atoms with van der Waals surface area (Å²) in [7, 11) is 0. The van der Waals surface area contributed by atoms with Gasteiger partial charge < -0.3 is 4.74 Å². The van der Waals surface area contributed by atoms with Crippen LogP contribution in [0.4, 0.5) is 0 Å². The summed E-state index contributed by atoms with van der Waals surface area (Å²) < 4.78 is 5.94. The smallest absolute Gasteiger partial charge is 0.126 e. The molecule has 0 N–H and O–H groups in total. The summed E-state index contributed by atoms with van der Waals surface area (Å²) in [5, 5.41) is 0.